The zero-order valence-corrected chi connectivity index (χ0v) is 13.2. The summed E-state index contributed by atoms with van der Waals surface area (Å²) >= 11 is 0. The van der Waals surface area contributed by atoms with E-state index in [0.717, 1.165) is 31.0 Å². The molecule has 2 heterocycles. The van der Waals surface area contributed by atoms with Gasteiger partial charge in [0.2, 0.25) is 0 Å². The molecule has 1 amide bonds. The Balaban J connectivity index is 1.81. The van der Waals surface area contributed by atoms with Gasteiger partial charge in [-0.1, -0.05) is 0 Å². The number of aryl methyl sites for hydroxylation is 1. The van der Waals surface area contributed by atoms with Crippen LogP contribution >= 0.6 is 0 Å². The van der Waals surface area contributed by atoms with Crippen molar-refractivity contribution in [1.29, 1.82) is 0 Å². The molecule has 0 radical (unpaired) electrons. The van der Waals surface area contributed by atoms with Crippen LogP contribution in [0.5, 0.6) is 0 Å². The molecule has 1 fully saturated rings. The first-order valence-corrected chi connectivity index (χ1v) is 7.34. The number of ether oxygens (including phenoxy) is 1. The Hall–Kier alpha value is -1.85. The van der Waals surface area contributed by atoms with E-state index in [1.165, 1.54) is 0 Å². The highest BCUT2D eigenvalue weighted by molar-refractivity contribution is 5.67. The summed E-state index contributed by atoms with van der Waals surface area (Å²) in [5.74, 6) is 1.36. The molecule has 0 aliphatic carbocycles. The van der Waals surface area contributed by atoms with Gasteiger partial charge in [0.25, 0.3) is 0 Å². The first-order chi connectivity index (χ1) is 9.85. The predicted molar refractivity (Wildman–Crippen MR) is 81.3 cm³/mol. The van der Waals surface area contributed by atoms with Crippen molar-refractivity contribution in [3.8, 4) is 0 Å². The Labute approximate surface area is 125 Å². The van der Waals surface area contributed by atoms with Gasteiger partial charge in [0.15, 0.2) is 0 Å². The van der Waals surface area contributed by atoms with Gasteiger partial charge in [-0.05, 0) is 40.0 Å². The lowest BCUT2D eigenvalue weighted by Gasteiger charge is -2.21. The Morgan fingerprint density at radius 2 is 2.14 bits per heavy atom. The molecule has 1 aliphatic heterocycles. The number of hydrogen-bond donors (Lipinski definition) is 1. The van der Waals surface area contributed by atoms with Crippen LogP contribution in [-0.4, -0.2) is 41.3 Å². The van der Waals surface area contributed by atoms with Gasteiger partial charge in [-0.2, -0.15) is 0 Å². The first-order valence-electron chi connectivity index (χ1n) is 7.34. The summed E-state index contributed by atoms with van der Waals surface area (Å²) in [6, 6.07) is 0. The molecule has 0 saturated carbocycles. The Bertz CT molecular complexity index is 499. The minimum atomic E-state index is -0.456. The van der Waals surface area contributed by atoms with Crippen molar-refractivity contribution < 1.29 is 9.53 Å². The van der Waals surface area contributed by atoms with Crippen LogP contribution in [0.1, 0.15) is 32.9 Å². The Morgan fingerprint density at radius 3 is 2.81 bits per heavy atom. The second-order valence-corrected chi connectivity index (χ2v) is 6.45. The molecule has 1 aromatic heterocycles. The fraction of sp³-hybridized carbons (Fsp3) is 0.667. The van der Waals surface area contributed by atoms with Crippen molar-refractivity contribution in [2.24, 2.45) is 5.92 Å². The van der Waals surface area contributed by atoms with E-state index >= 15 is 0 Å². The number of anilines is 1. The lowest BCUT2D eigenvalue weighted by Crippen LogP contribution is -2.36. The second kappa shape index (κ2) is 6.28. The van der Waals surface area contributed by atoms with E-state index in [0.29, 0.717) is 12.5 Å². The Kier molecular flexibility index (Phi) is 4.65. The molecule has 0 aromatic carbocycles. The van der Waals surface area contributed by atoms with E-state index in [4.69, 9.17) is 4.74 Å². The number of amides is 1. The van der Waals surface area contributed by atoms with Crippen LogP contribution in [0.25, 0.3) is 0 Å². The molecule has 0 unspecified atom stereocenters. The van der Waals surface area contributed by atoms with Gasteiger partial charge < -0.3 is 15.0 Å². The maximum atomic E-state index is 11.7. The first kappa shape index (κ1) is 15.5. The summed E-state index contributed by atoms with van der Waals surface area (Å²) in [5, 5.41) is 2.84. The molecule has 116 valence electrons. The topological polar surface area (TPSA) is 67.4 Å². The highest BCUT2D eigenvalue weighted by atomic mass is 16.6. The molecule has 1 aliphatic rings. The quantitative estimate of drug-likeness (QED) is 0.924. The number of alkyl carbamates (subject to hydrolysis) is 1. The van der Waals surface area contributed by atoms with Crippen molar-refractivity contribution in [2.45, 2.75) is 39.7 Å². The van der Waals surface area contributed by atoms with Gasteiger partial charge in [0.1, 0.15) is 11.4 Å². The highest BCUT2D eigenvalue weighted by Gasteiger charge is 2.25. The molecule has 1 saturated heterocycles. The van der Waals surface area contributed by atoms with E-state index in [9.17, 15) is 4.79 Å². The van der Waals surface area contributed by atoms with Gasteiger partial charge in [-0.25, -0.2) is 9.78 Å². The van der Waals surface area contributed by atoms with Crippen molar-refractivity contribution in [1.82, 2.24) is 15.3 Å². The molecule has 21 heavy (non-hydrogen) atoms. The third-order valence-electron chi connectivity index (χ3n) is 3.37. The van der Waals surface area contributed by atoms with E-state index in [-0.39, 0.29) is 6.09 Å². The largest absolute Gasteiger partial charge is 0.444 e. The van der Waals surface area contributed by atoms with E-state index in [1.54, 1.807) is 12.4 Å². The fourth-order valence-corrected chi connectivity index (χ4v) is 2.44. The predicted octanol–water partition coefficient (Wildman–Crippen LogP) is 2.14. The van der Waals surface area contributed by atoms with Crippen LogP contribution in [0, 0.1) is 12.8 Å². The van der Waals surface area contributed by atoms with Crippen LogP contribution in [0.3, 0.4) is 0 Å². The number of nitrogens with zero attached hydrogens (tertiary/aromatic N) is 3. The normalized spacial score (nSPS) is 18.7. The lowest BCUT2D eigenvalue weighted by molar-refractivity contribution is 0.0520. The summed E-state index contributed by atoms with van der Waals surface area (Å²) in [5.41, 5.74) is 0.487. The summed E-state index contributed by atoms with van der Waals surface area (Å²) in [6.07, 6.45) is 4.10. The van der Waals surface area contributed by atoms with Crippen molar-refractivity contribution in [3.05, 3.63) is 18.1 Å². The molecular formula is C15H24N4O2. The van der Waals surface area contributed by atoms with Crippen molar-refractivity contribution >= 4 is 11.9 Å². The lowest BCUT2D eigenvalue weighted by atomic mass is 10.1. The Morgan fingerprint density at radius 1 is 1.43 bits per heavy atom. The third-order valence-corrected chi connectivity index (χ3v) is 3.37. The number of carbonyl (C=O) groups is 1. The SMILES string of the molecule is Cc1nccnc1N1CC[C@@H](CNC(=O)OC(C)(C)C)C1. The van der Waals surface area contributed by atoms with Gasteiger partial charge in [0, 0.05) is 32.0 Å². The molecule has 6 heteroatoms. The zero-order valence-electron chi connectivity index (χ0n) is 13.2. The van der Waals surface area contributed by atoms with Crippen LogP contribution in [0.2, 0.25) is 0 Å². The number of nitrogens with one attached hydrogen (secondary N) is 1. The summed E-state index contributed by atoms with van der Waals surface area (Å²) in [7, 11) is 0. The van der Waals surface area contributed by atoms with E-state index in [2.05, 4.69) is 20.2 Å². The standard InChI is InChI=1S/C15H24N4O2/c1-11-13(17-7-6-16-11)19-8-5-12(10-19)9-18-14(20)21-15(2,3)4/h6-7,12H,5,8-10H2,1-4H3,(H,18,20)/t12-/m0/s1. The van der Waals surface area contributed by atoms with E-state index < -0.39 is 5.60 Å². The van der Waals surface area contributed by atoms with Crippen LogP contribution in [-0.2, 0) is 4.74 Å². The average Bonchev–Trinajstić information content (AvgIpc) is 2.83. The van der Waals surface area contributed by atoms with Gasteiger partial charge in [-0.3, -0.25) is 4.98 Å². The van der Waals surface area contributed by atoms with Gasteiger partial charge in [0.05, 0.1) is 5.69 Å². The van der Waals surface area contributed by atoms with Gasteiger partial charge in [-0.15, -0.1) is 0 Å². The summed E-state index contributed by atoms with van der Waals surface area (Å²) < 4.78 is 5.24. The maximum Gasteiger partial charge on any atom is 0.407 e. The average molecular weight is 292 g/mol. The number of carbonyl (C=O) groups excluding carboxylic acids is 1. The maximum absolute atomic E-state index is 11.7. The molecule has 0 spiro atoms. The van der Waals surface area contributed by atoms with Crippen molar-refractivity contribution in [3.63, 3.8) is 0 Å². The van der Waals surface area contributed by atoms with Crippen LogP contribution in [0.15, 0.2) is 12.4 Å². The third kappa shape index (κ3) is 4.58. The van der Waals surface area contributed by atoms with Crippen molar-refractivity contribution in [2.75, 3.05) is 24.5 Å². The fourth-order valence-electron chi connectivity index (χ4n) is 2.44. The number of hydrogen-bond acceptors (Lipinski definition) is 5. The molecule has 1 atom stereocenters. The smallest absolute Gasteiger partial charge is 0.407 e. The molecule has 6 nitrogen and oxygen atoms in total. The minimum Gasteiger partial charge on any atom is -0.444 e. The molecule has 1 N–H and O–H groups in total. The van der Waals surface area contributed by atoms with Gasteiger partial charge >= 0.3 is 6.09 Å². The highest BCUT2D eigenvalue weighted by Crippen LogP contribution is 2.23. The number of rotatable bonds is 3. The zero-order chi connectivity index (χ0) is 15.5. The van der Waals surface area contributed by atoms with Crippen LogP contribution in [0.4, 0.5) is 10.6 Å². The summed E-state index contributed by atoms with van der Waals surface area (Å²) in [6.45, 7) is 10.0. The molecule has 2 rings (SSSR count). The minimum absolute atomic E-state index is 0.350. The van der Waals surface area contributed by atoms with E-state index in [1.807, 2.05) is 27.7 Å². The van der Waals surface area contributed by atoms with Crippen LogP contribution < -0.4 is 10.2 Å². The monoisotopic (exact) mass is 292 g/mol. The second-order valence-electron chi connectivity index (χ2n) is 6.45. The molecular weight excluding hydrogens is 268 g/mol. The molecule has 0 bridgehead atoms. The summed E-state index contributed by atoms with van der Waals surface area (Å²) in [4.78, 5) is 22.5. The number of aromatic nitrogens is 2. The molecule has 1 aromatic rings.